The molecule has 0 aliphatic heterocycles. The highest BCUT2D eigenvalue weighted by molar-refractivity contribution is 6.04. The van der Waals surface area contributed by atoms with E-state index in [-0.39, 0.29) is 17.2 Å². The Bertz CT molecular complexity index is 787. The molecule has 156 valence electrons. The van der Waals surface area contributed by atoms with Crippen LogP contribution in [0.3, 0.4) is 0 Å². The van der Waals surface area contributed by atoms with Gasteiger partial charge < -0.3 is 10.6 Å². The van der Waals surface area contributed by atoms with Crippen molar-refractivity contribution < 1.29 is 9.59 Å². The van der Waals surface area contributed by atoms with Crippen LogP contribution in [0.5, 0.6) is 0 Å². The zero-order chi connectivity index (χ0) is 21.3. The molecule has 0 fully saturated rings. The molecule has 0 aliphatic carbocycles. The molecule has 0 aliphatic rings. The van der Waals surface area contributed by atoms with Gasteiger partial charge in [0.1, 0.15) is 0 Å². The van der Waals surface area contributed by atoms with E-state index in [4.69, 9.17) is 0 Å². The summed E-state index contributed by atoms with van der Waals surface area (Å²) in [7, 11) is 0. The lowest BCUT2D eigenvalue weighted by atomic mass is 9.87. The van der Waals surface area contributed by atoms with Crippen LogP contribution in [0.15, 0.2) is 48.5 Å². The summed E-state index contributed by atoms with van der Waals surface area (Å²) in [6.07, 6.45) is 6.20. The molecule has 4 nitrogen and oxygen atoms in total. The van der Waals surface area contributed by atoms with Crippen molar-refractivity contribution >= 4 is 23.2 Å². The highest BCUT2D eigenvalue weighted by atomic mass is 16.2. The first-order chi connectivity index (χ1) is 13.8. The minimum absolute atomic E-state index is 0.0391. The fourth-order valence-corrected chi connectivity index (χ4v) is 3.07. The number of anilines is 2. The molecule has 0 unspecified atom stereocenters. The van der Waals surface area contributed by atoms with Gasteiger partial charge in [-0.2, -0.15) is 0 Å². The first-order valence-electron chi connectivity index (χ1n) is 10.6. The number of benzene rings is 2. The van der Waals surface area contributed by atoms with Crippen molar-refractivity contribution in [2.24, 2.45) is 0 Å². The van der Waals surface area contributed by atoms with Crippen molar-refractivity contribution in [3.63, 3.8) is 0 Å². The predicted molar refractivity (Wildman–Crippen MR) is 122 cm³/mol. The second-order valence-corrected chi connectivity index (χ2v) is 8.57. The van der Waals surface area contributed by atoms with Crippen LogP contribution in [0.25, 0.3) is 0 Å². The molecule has 0 heterocycles. The number of hydrogen-bond donors (Lipinski definition) is 2. The third kappa shape index (κ3) is 7.72. The standard InChI is InChI=1S/C25H34N2O2/c1-5-6-7-8-9-10-23(28)26-21-15-17-22(18-16-21)27-24(29)19-11-13-20(14-12-19)25(2,3)4/h11-18H,5-10H2,1-4H3,(H,26,28)(H,27,29). The summed E-state index contributed by atoms with van der Waals surface area (Å²) in [5, 5.41) is 5.81. The van der Waals surface area contributed by atoms with Gasteiger partial charge in [0.25, 0.3) is 5.91 Å². The summed E-state index contributed by atoms with van der Waals surface area (Å²) in [5.74, 6) is -0.105. The summed E-state index contributed by atoms with van der Waals surface area (Å²) in [5.41, 5.74) is 3.33. The van der Waals surface area contributed by atoms with Crippen LogP contribution in [0.1, 0.15) is 82.1 Å². The molecule has 0 saturated carbocycles. The molecule has 0 spiro atoms. The lowest BCUT2D eigenvalue weighted by Gasteiger charge is -2.19. The first kappa shape index (κ1) is 22.7. The van der Waals surface area contributed by atoms with Crippen LogP contribution < -0.4 is 10.6 Å². The molecule has 0 atom stereocenters. The maximum absolute atomic E-state index is 12.5. The Kier molecular flexibility index (Phi) is 8.44. The average Bonchev–Trinajstić information content (AvgIpc) is 2.69. The van der Waals surface area contributed by atoms with Crippen molar-refractivity contribution in [3.05, 3.63) is 59.7 Å². The molecule has 2 N–H and O–H groups in total. The molecular formula is C25H34N2O2. The molecule has 0 radical (unpaired) electrons. The molecule has 29 heavy (non-hydrogen) atoms. The molecule has 2 aromatic carbocycles. The molecular weight excluding hydrogens is 360 g/mol. The summed E-state index contributed by atoms with van der Waals surface area (Å²) >= 11 is 0. The smallest absolute Gasteiger partial charge is 0.255 e. The molecule has 2 rings (SSSR count). The lowest BCUT2D eigenvalue weighted by Crippen LogP contribution is -2.14. The summed E-state index contributed by atoms with van der Waals surface area (Å²) in [6.45, 7) is 8.63. The second kappa shape index (κ2) is 10.8. The van der Waals surface area contributed by atoms with Gasteiger partial charge in [0.2, 0.25) is 5.91 Å². The molecule has 0 aromatic heterocycles. The Morgan fingerprint density at radius 1 is 0.759 bits per heavy atom. The highest BCUT2D eigenvalue weighted by Crippen LogP contribution is 2.22. The number of carbonyl (C=O) groups excluding carboxylic acids is 2. The lowest BCUT2D eigenvalue weighted by molar-refractivity contribution is -0.116. The second-order valence-electron chi connectivity index (χ2n) is 8.57. The third-order valence-electron chi connectivity index (χ3n) is 4.95. The number of unbranched alkanes of at least 4 members (excludes halogenated alkanes) is 4. The minimum atomic E-state index is -0.144. The van der Waals surface area contributed by atoms with E-state index in [0.29, 0.717) is 17.7 Å². The summed E-state index contributed by atoms with van der Waals surface area (Å²) in [4.78, 5) is 24.5. The fourth-order valence-electron chi connectivity index (χ4n) is 3.07. The van der Waals surface area contributed by atoms with Crippen molar-refractivity contribution in [2.75, 3.05) is 10.6 Å². The van der Waals surface area contributed by atoms with Gasteiger partial charge in [-0.1, -0.05) is 65.5 Å². The number of carbonyl (C=O) groups is 2. The quantitative estimate of drug-likeness (QED) is 0.475. The Morgan fingerprint density at radius 2 is 1.31 bits per heavy atom. The number of hydrogen-bond acceptors (Lipinski definition) is 2. The highest BCUT2D eigenvalue weighted by Gasteiger charge is 2.14. The van der Waals surface area contributed by atoms with Crippen LogP contribution >= 0.6 is 0 Å². The number of rotatable bonds is 9. The summed E-state index contributed by atoms with van der Waals surface area (Å²) in [6, 6.07) is 14.9. The van der Waals surface area contributed by atoms with Gasteiger partial charge >= 0.3 is 0 Å². The number of amides is 2. The van der Waals surface area contributed by atoms with Gasteiger partial charge in [0.15, 0.2) is 0 Å². The molecule has 0 saturated heterocycles. The normalized spacial score (nSPS) is 11.2. The van der Waals surface area contributed by atoms with E-state index in [1.807, 2.05) is 36.4 Å². The summed E-state index contributed by atoms with van der Waals surface area (Å²) < 4.78 is 0. The average molecular weight is 395 g/mol. The first-order valence-corrected chi connectivity index (χ1v) is 10.6. The van der Waals surface area contributed by atoms with Gasteiger partial charge in [-0.15, -0.1) is 0 Å². The van der Waals surface area contributed by atoms with Crippen LogP contribution in [0, 0.1) is 0 Å². The fraction of sp³-hybridized carbons (Fsp3) is 0.440. The Hall–Kier alpha value is -2.62. The van der Waals surface area contributed by atoms with Crippen LogP contribution in [0.2, 0.25) is 0 Å². The van der Waals surface area contributed by atoms with Crippen LogP contribution in [-0.4, -0.2) is 11.8 Å². The largest absolute Gasteiger partial charge is 0.326 e. The van der Waals surface area contributed by atoms with Gasteiger partial charge in [0.05, 0.1) is 0 Å². The van der Waals surface area contributed by atoms with Crippen molar-refractivity contribution in [1.29, 1.82) is 0 Å². The Labute approximate surface area is 175 Å². The van der Waals surface area contributed by atoms with E-state index in [0.717, 1.165) is 18.5 Å². The van der Waals surface area contributed by atoms with Crippen molar-refractivity contribution in [3.8, 4) is 0 Å². The maximum atomic E-state index is 12.5. The molecule has 2 aromatic rings. The zero-order valence-electron chi connectivity index (χ0n) is 18.2. The van der Waals surface area contributed by atoms with E-state index in [9.17, 15) is 9.59 Å². The molecule has 4 heteroatoms. The van der Waals surface area contributed by atoms with Gasteiger partial charge in [-0.3, -0.25) is 9.59 Å². The Balaban J connectivity index is 1.83. The third-order valence-corrected chi connectivity index (χ3v) is 4.95. The zero-order valence-corrected chi connectivity index (χ0v) is 18.2. The van der Waals surface area contributed by atoms with Crippen molar-refractivity contribution in [2.45, 2.75) is 71.6 Å². The van der Waals surface area contributed by atoms with Gasteiger partial charge in [0, 0.05) is 23.4 Å². The van der Waals surface area contributed by atoms with E-state index in [1.165, 1.54) is 24.8 Å². The van der Waals surface area contributed by atoms with Gasteiger partial charge in [-0.25, -0.2) is 0 Å². The van der Waals surface area contributed by atoms with Gasteiger partial charge in [-0.05, 0) is 53.8 Å². The minimum Gasteiger partial charge on any atom is -0.326 e. The molecule has 2 amide bonds. The van der Waals surface area contributed by atoms with E-state index in [1.54, 1.807) is 12.1 Å². The Morgan fingerprint density at radius 3 is 1.86 bits per heavy atom. The monoisotopic (exact) mass is 394 g/mol. The predicted octanol–water partition coefficient (Wildman–Crippen LogP) is 6.54. The van der Waals surface area contributed by atoms with Crippen LogP contribution in [0.4, 0.5) is 11.4 Å². The van der Waals surface area contributed by atoms with E-state index < -0.39 is 0 Å². The van der Waals surface area contributed by atoms with Crippen molar-refractivity contribution in [1.82, 2.24) is 0 Å². The maximum Gasteiger partial charge on any atom is 0.255 e. The van der Waals surface area contributed by atoms with Crippen LogP contribution in [-0.2, 0) is 10.2 Å². The number of nitrogens with one attached hydrogen (secondary N) is 2. The molecule has 0 bridgehead atoms. The van der Waals surface area contributed by atoms with E-state index in [2.05, 4.69) is 38.3 Å². The topological polar surface area (TPSA) is 58.2 Å². The van der Waals surface area contributed by atoms with E-state index >= 15 is 0 Å². The SMILES string of the molecule is CCCCCCCC(=O)Nc1ccc(NC(=O)c2ccc(C(C)(C)C)cc2)cc1.